The molecule has 10 heteroatoms. The van der Waals surface area contributed by atoms with Gasteiger partial charge in [-0.2, -0.15) is 18.3 Å². The van der Waals surface area contributed by atoms with Crippen LogP contribution >= 0.6 is 22.9 Å². The van der Waals surface area contributed by atoms with E-state index in [-0.39, 0.29) is 35.0 Å². The van der Waals surface area contributed by atoms with E-state index in [0.717, 1.165) is 28.8 Å². The molecule has 4 heterocycles. The Morgan fingerprint density at radius 1 is 1.31 bits per heavy atom. The van der Waals surface area contributed by atoms with E-state index in [9.17, 15) is 18.0 Å². The second-order valence-electron chi connectivity index (χ2n) is 7.80. The summed E-state index contributed by atoms with van der Waals surface area (Å²) < 4.78 is 42.3. The minimum atomic E-state index is -4.51. The molecule has 4 rings (SSSR count). The minimum Gasteiger partial charge on any atom is -0.361 e. The summed E-state index contributed by atoms with van der Waals surface area (Å²) in [6, 6.07) is 1.18. The molecule has 5 nitrogen and oxygen atoms in total. The predicted molar refractivity (Wildman–Crippen MR) is 107 cm³/mol. The van der Waals surface area contributed by atoms with Gasteiger partial charge in [0.15, 0.2) is 11.7 Å². The van der Waals surface area contributed by atoms with Crippen LogP contribution in [0.1, 0.15) is 67.0 Å². The number of aromatic nitrogens is 2. The van der Waals surface area contributed by atoms with Crippen molar-refractivity contribution in [1.29, 1.82) is 0 Å². The van der Waals surface area contributed by atoms with Crippen molar-refractivity contribution in [3.05, 3.63) is 33.1 Å². The van der Waals surface area contributed by atoms with Gasteiger partial charge in [-0.3, -0.25) is 4.79 Å². The molecule has 0 radical (unpaired) electrons. The Bertz CT molecular complexity index is 888. The molecule has 0 aromatic carbocycles. The number of hydrogen-bond donors (Lipinski definition) is 1. The number of thiophene rings is 1. The van der Waals surface area contributed by atoms with Crippen molar-refractivity contribution in [2.75, 3.05) is 5.32 Å². The van der Waals surface area contributed by atoms with Gasteiger partial charge in [-0.25, -0.2) is 4.68 Å². The van der Waals surface area contributed by atoms with Gasteiger partial charge in [0.2, 0.25) is 0 Å². The fourth-order valence-corrected chi connectivity index (χ4v) is 5.40. The van der Waals surface area contributed by atoms with Crippen molar-refractivity contribution in [1.82, 2.24) is 14.7 Å². The highest BCUT2D eigenvalue weighted by Gasteiger charge is 2.48. The normalized spacial score (nSPS) is 27.4. The molecule has 4 atom stereocenters. The Morgan fingerprint density at radius 2 is 2.00 bits per heavy atom. The average molecular weight is 447 g/mol. The third-order valence-corrected chi connectivity index (χ3v) is 7.16. The van der Waals surface area contributed by atoms with E-state index in [1.807, 2.05) is 19.2 Å². The number of anilines is 1. The van der Waals surface area contributed by atoms with Crippen LogP contribution in [0.15, 0.2) is 17.5 Å². The summed E-state index contributed by atoms with van der Waals surface area (Å²) in [6.07, 6.45) is -2.00. The topological polar surface area (TPSA) is 50.2 Å². The highest BCUT2D eigenvalue weighted by Crippen LogP contribution is 2.47. The number of alkyl halides is 3. The van der Waals surface area contributed by atoms with Gasteiger partial charge in [0, 0.05) is 23.4 Å². The molecule has 2 aliphatic rings. The molecule has 0 spiro atoms. The van der Waals surface area contributed by atoms with Crippen LogP contribution in [0.3, 0.4) is 0 Å². The number of carbonyl (C=O) groups excluding carboxylic acids is 1. The Labute approximate surface area is 175 Å². The van der Waals surface area contributed by atoms with Gasteiger partial charge in [0.1, 0.15) is 10.8 Å². The zero-order valence-corrected chi connectivity index (χ0v) is 17.6. The molecule has 1 amide bonds. The molecule has 0 saturated carbocycles. The molecule has 0 bridgehead atoms. The van der Waals surface area contributed by atoms with Crippen molar-refractivity contribution >= 4 is 34.7 Å². The lowest BCUT2D eigenvalue weighted by Crippen LogP contribution is -2.47. The number of nitrogens with zero attached hydrogens (tertiary/aromatic N) is 3. The van der Waals surface area contributed by atoms with E-state index >= 15 is 0 Å². The number of nitrogens with one attached hydrogen (secondary N) is 1. The van der Waals surface area contributed by atoms with Crippen LogP contribution in [-0.2, 0) is 0 Å². The second-order valence-corrected chi connectivity index (χ2v) is 9.16. The second kappa shape index (κ2) is 7.50. The third kappa shape index (κ3) is 3.63. The van der Waals surface area contributed by atoms with Crippen LogP contribution < -0.4 is 5.32 Å². The standard InChI is InChI=1S/C19H22ClF3N4OS/c1-10-5-3-6-11(2)26(10)18(28)16-15(20)17-24-12(13-7-4-8-29-13)9-14(19(21,22)23)27(17)25-16/h4,7-8,10-12,14,24H,3,5-6,9H2,1-2H3/t10-,11-,12-,14-/m1/s1. The van der Waals surface area contributed by atoms with E-state index < -0.39 is 24.2 Å². The number of halogens is 4. The van der Waals surface area contributed by atoms with Crippen LogP contribution in [0.4, 0.5) is 19.0 Å². The zero-order chi connectivity index (χ0) is 20.9. The predicted octanol–water partition coefficient (Wildman–Crippen LogP) is 5.66. The van der Waals surface area contributed by atoms with Crippen LogP contribution in [0.25, 0.3) is 0 Å². The molecule has 1 saturated heterocycles. The Morgan fingerprint density at radius 3 is 2.59 bits per heavy atom. The maximum Gasteiger partial charge on any atom is 0.410 e. The zero-order valence-electron chi connectivity index (χ0n) is 16.0. The first kappa shape index (κ1) is 20.5. The number of carbonyl (C=O) groups is 1. The van der Waals surface area contributed by atoms with Crippen molar-refractivity contribution in [2.24, 2.45) is 0 Å². The molecule has 2 aromatic heterocycles. The number of rotatable bonds is 2. The van der Waals surface area contributed by atoms with Crippen LogP contribution in [0.5, 0.6) is 0 Å². The highest BCUT2D eigenvalue weighted by atomic mass is 35.5. The van der Waals surface area contributed by atoms with Crippen molar-refractivity contribution in [3.8, 4) is 0 Å². The quantitative estimate of drug-likeness (QED) is 0.647. The van der Waals surface area contributed by atoms with E-state index in [2.05, 4.69) is 10.4 Å². The smallest absolute Gasteiger partial charge is 0.361 e. The maximum absolute atomic E-state index is 13.8. The molecule has 2 aromatic rings. The summed E-state index contributed by atoms with van der Waals surface area (Å²) in [4.78, 5) is 15.7. The Balaban J connectivity index is 1.74. The number of likely N-dealkylation sites (tertiary alicyclic amines) is 1. The molecule has 1 N–H and O–H groups in total. The molecule has 0 aliphatic carbocycles. The van der Waals surface area contributed by atoms with Crippen molar-refractivity contribution < 1.29 is 18.0 Å². The molecule has 29 heavy (non-hydrogen) atoms. The Kier molecular flexibility index (Phi) is 5.31. The molecular formula is C19H22ClF3N4OS. The first-order valence-corrected chi connectivity index (χ1v) is 10.9. The summed E-state index contributed by atoms with van der Waals surface area (Å²) in [5.74, 6) is -0.355. The largest absolute Gasteiger partial charge is 0.410 e. The SMILES string of the molecule is C[C@@H]1CCC[C@@H](C)N1C(=O)c1nn2c(c1Cl)N[C@@H](c1cccs1)C[C@@H]2C(F)(F)F. The lowest BCUT2D eigenvalue weighted by atomic mass is 9.97. The summed E-state index contributed by atoms with van der Waals surface area (Å²) in [5, 5.41) is 8.93. The van der Waals surface area contributed by atoms with Gasteiger partial charge in [-0.1, -0.05) is 17.7 Å². The first-order valence-electron chi connectivity index (χ1n) is 9.65. The summed E-state index contributed by atoms with van der Waals surface area (Å²) in [6.45, 7) is 3.89. The number of amides is 1. The summed E-state index contributed by atoms with van der Waals surface area (Å²) >= 11 is 7.82. The molecule has 0 unspecified atom stereocenters. The first-order chi connectivity index (χ1) is 13.7. The van der Waals surface area contributed by atoms with Crippen molar-refractivity contribution in [3.63, 3.8) is 0 Å². The molecular weight excluding hydrogens is 425 g/mol. The maximum atomic E-state index is 13.8. The number of hydrogen-bond acceptors (Lipinski definition) is 4. The van der Waals surface area contributed by atoms with Gasteiger partial charge in [-0.15, -0.1) is 11.3 Å². The van der Waals surface area contributed by atoms with E-state index in [1.165, 1.54) is 11.3 Å². The lowest BCUT2D eigenvalue weighted by Gasteiger charge is -2.38. The van der Waals surface area contributed by atoms with Crippen LogP contribution in [-0.4, -0.2) is 38.8 Å². The fourth-order valence-electron chi connectivity index (χ4n) is 4.35. The summed E-state index contributed by atoms with van der Waals surface area (Å²) in [5.41, 5.74) is -0.115. The fraction of sp³-hybridized carbons (Fsp3) is 0.579. The van der Waals surface area contributed by atoms with Gasteiger partial charge in [-0.05, 0) is 44.6 Å². The monoisotopic (exact) mass is 446 g/mol. The van der Waals surface area contributed by atoms with E-state index in [4.69, 9.17) is 11.6 Å². The van der Waals surface area contributed by atoms with Gasteiger partial charge < -0.3 is 10.2 Å². The number of piperidine rings is 1. The summed E-state index contributed by atoms with van der Waals surface area (Å²) in [7, 11) is 0. The Hall–Kier alpha value is -1.74. The van der Waals surface area contributed by atoms with Gasteiger partial charge in [0.05, 0.1) is 6.04 Å². The third-order valence-electron chi connectivity index (χ3n) is 5.81. The lowest BCUT2D eigenvalue weighted by molar-refractivity contribution is -0.173. The van der Waals surface area contributed by atoms with Gasteiger partial charge >= 0.3 is 6.18 Å². The molecule has 1 fully saturated rings. The van der Waals surface area contributed by atoms with E-state index in [1.54, 1.807) is 17.0 Å². The van der Waals surface area contributed by atoms with Crippen LogP contribution in [0.2, 0.25) is 5.02 Å². The highest BCUT2D eigenvalue weighted by molar-refractivity contribution is 7.10. The minimum absolute atomic E-state index is 0.00807. The number of fused-ring (bicyclic) bond motifs is 1. The van der Waals surface area contributed by atoms with Crippen molar-refractivity contribution in [2.45, 2.75) is 69.9 Å². The van der Waals surface area contributed by atoms with E-state index in [0.29, 0.717) is 0 Å². The van der Waals surface area contributed by atoms with Gasteiger partial charge in [0.25, 0.3) is 5.91 Å². The average Bonchev–Trinajstić information content (AvgIpc) is 3.28. The molecule has 158 valence electrons. The van der Waals surface area contributed by atoms with Crippen LogP contribution in [0, 0.1) is 0 Å². The molecule has 2 aliphatic heterocycles.